The van der Waals surface area contributed by atoms with E-state index in [4.69, 9.17) is 4.74 Å². The third-order valence-corrected chi connectivity index (χ3v) is 6.21. The SMILES string of the molecule is CCCCNC(=O)C(Cc1ccc(OCCCN2CCCC2)cc1)NC(=O)c1ccc(C)cc1. The summed E-state index contributed by atoms with van der Waals surface area (Å²) in [6.45, 7) is 8.88. The lowest BCUT2D eigenvalue weighted by molar-refractivity contribution is -0.122. The molecule has 1 aliphatic rings. The second-order valence-corrected chi connectivity index (χ2v) is 9.14. The normalized spacial score (nSPS) is 14.5. The Morgan fingerprint density at radius 3 is 2.38 bits per heavy atom. The average Bonchev–Trinajstić information content (AvgIpc) is 3.36. The molecule has 6 heteroatoms. The number of nitrogens with one attached hydrogen (secondary N) is 2. The van der Waals surface area contributed by atoms with Gasteiger partial charge in [-0.25, -0.2) is 0 Å². The number of hydrogen-bond donors (Lipinski definition) is 2. The minimum absolute atomic E-state index is 0.156. The van der Waals surface area contributed by atoms with Gasteiger partial charge in [0.05, 0.1) is 6.61 Å². The van der Waals surface area contributed by atoms with Crippen molar-refractivity contribution in [1.82, 2.24) is 15.5 Å². The molecule has 2 N–H and O–H groups in total. The molecule has 0 spiro atoms. The number of aryl methyl sites for hydroxylation is 1. The highest BCUT2D eigenvalue weighted by Crippen LogP contribution is 2.15. The first-order chi connectivity index (χ1) is 16.5. The monoisotopic (exact) mass is 465 g/mol. The summed E-state index contributed by atoms with van der Waals surface area (Å²) in [6.07, 6.45) is 5.97. The van der Waals surface area contributed by atoms with Crippen molar-refractivity contribution in [3.8, 4) is 5.75 Å². The van der Waals surface area contributed by atoms with Crippen LogP contribution < -0.4 is 15.4 Å². The summed E-state index contributed by atoms with van der Waals surface area (Å²) in [5, 5.41) is 5.88. The van der Waals surface area contributed by atoms with E-state index in [0.29, 0.717) is 25.1 Å². The van der Waals surface area contributed by atoms with E-state index in [1.807, 2.05) is 43.3 Å². The Bertz CT molecular complexity index is 890. The molecule has 1 unspecified atom stereocenters. The van der Waals surface area contributed by atoms with Crippen LogP contribution in [0.3, 0.4) is 0 Å². The Hall–Kier alpha value is -2.86. The maximum absolute atomic E-state index is 12.8. The third-order valence-electron chi connectivity index (χ3n) is 6.21. The number of hydrogen-bond acceptors (Lipinski definition) is 4. The molecule has 34 heavy (non-hydrogen) atoms. The lowest BCUT2D eigenvalue weighted by atomic mass is 10.0. The van der Waals surface area contributed by atoms with Crippen molar-refractivity contribution in [2.45, 2.75) is 58.4 Å². The Kier molecular flexibility index (Phi) is 10.4. The van der Waals surface area contributed by atoms with Crippen molar-refractivity contribution in [1.29, 1.82) is 0 Å². The molecule has 1 fully saturated rings. The number of ether oxygens (including phenoxy) is 1. The molecule has 2 aromatic rings. The van der Waals surface area contributed by atoms with Crippen LogP contribution in [0.5, 0.6) is 5.75 Å². The molecule has 0 aromatic heterocycles. The van der Waals surface area contributed by atoms with Crippen LogP contribution in [0.15, 0.2) is 48.5 Å². The van der Waals surface area contributed by atoms with Crippen LogP contribution in [0.1, 0.15) is 60.5 Å². The van der Waals surface area contributed by atoms with Crippen LogP contribution >= 0.6 is 0 Å². The highest BCUT2D eigenvalue weighted by atomic mass is 16.5. The van der Waals surface area contributed by atoms with Gasteiger partial charge in [-0.1, -0.05) is 43.2 Å². The number of benzene rings is 2. The topological polar surface area (TPSA) is 70.7 Å². The van der Waals surface area contributed by atoms with Gasteiger partial charge in [-0.05, 0) is 75.5 Å². The predicted molar refractivity (Wildman–Crippen MR) is 136 cm³/mol. The first-order valence-electron chi connectivity index (χ1n) is 12.6. The van der Waals surface area contributed by atoms with Crippen molar-refractivity contribution >= 4 is 11.8 Å². The van der Waals surface area contributed by atoms with Crippen molar-refractivity contribution in [2.24, 2.45) is 0 Å². The van der Waals surface area contributed by atoms with E-state index >= 15 is 0 Å². The number of unbranched alkanes of at least 4 members (excludes halogenated alkanes) is 1. The Balaban J connectivity index is 1.55. The highest BCUT2D eigenvalue weighted by Gasteiger charge is 2.22. The molecular formula is C28H39N3O3. The van der Waals surface area contributed by atoms with Crippen LogP contribution in [0.25, 0.3) is 0 Å². The molecule has 0 aliphatic carbocycles. The highest BCUT2D eigenvalue weighted by molar-refractivity contribution is 5.97. The molecule has 0 radical (unpaired) electrons. The van der Waals surface area contributed by atoms with Gasteiger partial charge in [0.1, 0.15) is 11.8 Å². The first kappa shape index (κ1) is 25.8. The molecule has 2 amide bonds. The fourth-order valence-electron chi connectivity index (χ4n) is 4.11. The largest absolute Gasteiger partial charge is 0.494 e. The van der Waals surface area contributed by atoms with Gasteiger partial charge in [-0.3, -0.25) is 9.59 Å². The smallest absolute Gasteiger partial charge is 0.251 e. The van der Waals surface area contributed by atoms with E-state index in [2.05, 4.69) is 22.5 Å². The van der Waals surface area contributed by atoms with Gasteiger partial charge in [0.2, 0.25) is 5.91 Å². The summed E-state index contributed by atoms with van der Waals surface area (Å²) in [7, 11) is 0. The molecular weight excluding hydrogens is 426 g/mol. The molecule has 6 nitrogen and oxygen atoms in total. The van der Waals surface area contributed by atoms with Gasteiger partial charge in [0.15, 0.2) is 0 Å². The summed E-state index contributed by atoms with van der Waals surface area (Å²) in [6, 6.07) is 14.6. The second kappa shape index (κ2) is 13.8. The van der Waals surface area contributed by atoms with Crippen molar-refractivity contribution in [2.75, 3.05) is 32.8 Å². The number of carbonyl (C=O) groups is 2. The van der Waals surface area contributed by atoms with Crippen molar-refractivity contribution in [3.63, 3.8) is 0 Å². The van der Waals surface area contributed by atoms with Crippen LogP contribution in [0.2, 0.25) is 0 Å². The van der Waals surface area contributed by atoms with E-state index in [-0.39, 0.29) is 11.8 Å². The number of nitrogens with zero attached hydrogens (tertiary/aromatic N) is 1. The van der Waals surface area contributed by atoms with Crippen LogP contribution in [-0.2, 0) is 11.2 Å². The lowest BCUT2D eigenvalue weighted by Gasteiger charge is -2.19. The summed E-state index contributed by atoms with van der Waals surface area (Å²) in [5.74, 6) is 0.433. The minimum atomic E-state index is -0.641. The van der Waals surface area contributed by atoms with Crippen molar-refractivity contribution < 1.29 is 14.3 Å². The zero-order chi connectivity index (χ0) is 24.2. The van der Waals surface area contributed by atoms with Crippen molar-refractivity contribution in [3.05, 3.63) is 65.2 Å². The summed E-state index contributed by atoms with van der Waals surface area (Å²) in [4.78, 5) is 28.1. The summed E-state index contributed by atoms with van der Waals surface area (Å²) in [5.41, 5.74) is 2.61. The Labute approximate surface area is 204 Å². The van der Waals surface area contributed by atoms with E-state index in [9.17, 15) is 9.59 Å². The third kappa shape index (κ3) is 8.49. The molecule has 0 saturated carbocycles. The summed E-state index contributed by atoms with van der Waals surface area (Å²) >= 11 is 0. The van der Waals surface area contributed by atoms with Gasteiger partial charge in [0.25, 0.3) is 5.91 Å². The molecule has 1 atom stereocenters. The summed E-state index contributed by atoms with van der Waals surface area (Å²) < 4.78 is 5.90. The predicted octanol–water partition coefficient (Wildman–Crippen LogP) is 4.12. The molecule has 184 valence electrons. The molecule has 1 heterocycles. The van der Waals surface area contributed by atoms with E-state index in [1.165, 1.54) is 25.9 Å². The zero-order valence-electron chi connectivity index (χ0n) is 20.6. The quantitative estimate of drug-likeness (QED) is 0.437. The Morgan fingerprint density at radius 2 is 1.71 bits per heavy atom. The number of amides is 2. The fraction of sp³-hybridized carbons (Fsp3) is 0.500. The molecule has 1 aliphatic heterocycles. The van der Waals surface area contributed by atoms with Gasteiger partial charge in [-0.15, -0.1) is 0 Å². The van der Waals surface area contributed by atoms with Gasteiger partial charge in [0, 0.05) is 25.1 Å². The molecule has 2 aromatic carbocycles. The minimum Gasteiger partial charge on any atom is -0.494 e. The first-order valence-corrected chi connectivity index (χ1v) is 12.6. The standard InChI is InChI=1S/C28H39N3O3/c1-3-4-16-29-28(33)26(30-27(32)24-12-8-22(2)9-13-24)21-23-10-14-25(15-11-23)34-20-7-19-31-17-5-6-18-31/h8-15,26H,3-7,16-21H2,1-2H3,(H,29,33)(H,30,32). The molecule has 1 saturated heterocycles. The van der Waals surface area contributed by atoms with E-state index < -0.39 is 6.04 Å². The van der Waals surface area contributed by atoms with Crippen LogP contribution in [0, 0.1) is 6.92 Å². The fourth-order valence-corrected chi connectivity index (χ4v) is 4.11. The van der Waals surface area contributed by atoms with Crippen LogP contribution in [-0.4, -0.2) is 55.5 Å². The zero-order valence-corrected chi connectivity index (χ0v) is 20.6. The van der Waals surface area contributed by atoms with Crippen LogP contribution in [0.4, 0.5) is 0 Å². The Morgan fingerprint density at radius 1 is 1.00 bits per heavy atom. The average molecular weight is 466 g/mol. The van der Waals surface area contributed by atoms with Gasteiger partial charge in [-0.2, -0.15) is 0 Å². The van der Waals surface area contributed by atoms with E-state index in [1.54, 1.807) is 12.1 Å². The number of carbonyl (C=O) groups excluding carboxylic acids is 2. The number of rotatable bonds is 13. The lowest BCUT2D eigenvalue weighted by Crippen LogP contribution is -2.48. The molecule has 3 rings (SSSR count). The molecule has 0 bridgehead atoms. The van der Waals surface area contributed by atoms with E-state index in [0.717, 1.165) is 42.7 Å². The maximum atomic E-state index is 12.8. The number of likely N-dealkylation sites (tertiary alicyclic amines) is 1. The maximum Gasteiger partial charge on any atom is 0.251 e. The van der Waals surface area contributed by atoms with Gasteiger partial charge >= 0.3 is 0 Å². The van der Waals surface area contributed by atoms with Gasteiger partial charge < -0.3 is 20.3 Å². The second-order valence-electron chi connectivity index (χ2n) is 9.14.